The summed E-state index contributed by atoms with van der Waals surface area (Å²) in [6, 6.07) is 10.7. The Bertz CT molecular complexity index is 686. The van der Waals surface area contributed by atoms with Crippen LogP contribution in [0.5, 0.6) is 0 Å². The van der Waals surface area contributed by atoms with E-state index in [-0.39, 0.29) is 18.0 Å². The van der Waals surface area contributed by atoms with E-state index in [9.17, 15) is 9.59 Å². The topological polar surface area (TPSA) is 83.1 Å². The van der Waals surface area contributed by atoms with E-state index in [1.807, 2.05) is 38.1 Å². The molecule has 0 fully saturated rings. The Balaban J connectivity index is 1.90. The summed E-state index contributed by atoms with van der Waals surface area (Å²) in [5, 5.41) is 8.53. The Labute approximate surface area is 148 Å². The molecule has 0 radical (unpaired) electrons. The molecule has 3 N–H and O–H groups in total. The average Bonchev–Trinajstić information content (AvgIpc) is 2.62. The van der Waals surface area contributed by atoms with Crippen LogP contribution >= 0.6 is 0 Å². The second kappa shape index (κ2) is 9.42. The minimum Gasteiger partial charge on any atom is -0.356 e. The molecule has 6 nitrogen and oxygen atoms in total. The van der Waals surface area contributed by atoms with Gasteiger partial charge in [-0.2, -0.15) is 0 Å². The van der Waals surface area contributed by atoms with E-state index >= 15 is 0 Å². The van der Waals surface area contributed by atoms with Crippen LogP contribution in [0.25, 0.3) is 0 Å². The number of rotatable bonds is 7. The number of pyridine rings is 1. The van der Waals surface area contributed by atoms with Gasteiger partial charge in [0.2, 0.25) is 5.91 Å². The van der Waals surface area contributed by atoms with Crippen molar-refractivity contribution in [1.82, 2.24) is 15.6 Å². The Hall–Kier alpha value is -2.89. The third-order valence-corrected chi connectivity index (χ3v) is 3.77. The van der Waals surface area contributed by atoms with E-state index in [0.717, 1.165) is 17.5 Å². The number of urea groups is 1. The lowest BCUT2D eigenvalue weighted by Gasteiger charge is -2.17. The van der Waals surface area contributed by atoms with Crippen LogP contribution in [0.1, 0.15) is 37.4 Å². The number of aromatic nitrogens is 1. The van der Waals surface area contributed by atoms with Gasteiger partial charge in [-0.3, -0.25) is 9.78 Å². The standard InChI is InChI=1S/C19H24N4O2/c1-3-17(15-9-11-20-12-10-15)23-19(25)22-16-7-5-14(6-8-16)13-18(24)21-4-2/h5-12,17H,3-4,13H2,1-2H3,(H,21,24)(H2,22,23,25). The number of hydrogen-bond acceptors (Lipinski definition) is 3. The second-order valence-electron chi connectivity index (χ2n) is 5.67. The fraction of sp³-hybridized carbons (Fsp3) is 0.316. The molecule has 6 heteroatoms. The normalized spacial score (nSPS) is 11.4. The minimum absolute atomic E-state index is 0.0101. The third-order valence-electron chi connectivity index (χ3n) is 3.77. The lowest BCUT2D eigenvalue weighted by Crippen LogP contribution is -2.32. The number of amides is 3. The minimum atomic E-state index is -0.264. The average molecular weight is 340 g/mol. The maximum absolute atomic E-state index is 12.2. The molecule has 0 spiro atoms. The molecular weight excluding hydrogens is 316 g/mol. The number of nitrogens with zero attached hydrogens (tertiary/aromatic N) is 1. The molecule has 2 aromatic rings. The molecule has 0 aliphatic rings. The maximum atomic E-state index is 12.2. The highest BCUT2D eigenvalue weighted by Crippen LogP contribution is 2.16. The highest BCUT2D eigenvalue weighted by molar-refractivity contribution is 5.89. The Morgan fingerprint density at radius 1 is 1.04 bits per heavy atom. The van der Waals surface area contributed by atoms with Crippen molar-refractivity contribution in [3.8, 4) is 0 Å². The van der Waals surface area contributed by atoms with Crippen LogP contribution in [0.2, 0.25) is 0 Å². The van der Waals surface area contributed by atoms with E-state index in [1.54, 1.807) is 24.5 Å². The lowest BCUT2D eigenvalue weighted by atomic mass is 10.1. The van der Waals surface area contributed by atoms with Crippen LogP contribution in [0.3, 0.4) is 0 Å². The van der Waals surface area contributed by atoms with Crippen molar-refractivity contribution in [1.29, 1.82) is 0 Å². The van der Waals surface area contributed by atoms with Gasteiger partial charge in [0.15, 0.2) is 0 Å². The molecule has 0 bridgehead atoms. The number of carbonyl (C=O) groups excluding carboxylic acids is 2. The van der Waals surface area contributed by atoms with Gasteiger partial charge in [0.05, 0.1) is 12.5 Å². The smallest absolute Gasteiger partial charge is 0.319 e. The predicted octanol–water partition coefficient (Wildman–Crippen LogP) is 3.03. The van der Waals surface area contributed by atoms with Crippen LogP contribution in [-0.4, -0.2) is 23.5 Å². The first-order valence-corrected chi connectivity index (χ1v) is 8.45. The van der Waals surface area contributed by atoms with Crippen LogP contribution in [0.15, 0.2) is 48.8 Å². The number of benzene rings is 1. The predicted molar refractivity (Wildman–Crippen MR) is 98.3 cm³/mol. The van der Waals surface area contributed by atoms with Gasteiger partial charge in [-0.1, -0.05) is 19.1 Å². The molecular formula is C19H24N4O2. The number of nitrogens with one attached hydrogen (secondary N) is 3. The zero-order chi connectivity index (χ0) is 18.1. The molecule has 25 heavy (non-hydrogen) atoms. The van der Waals surface area contributed by atoms with Gasteiger partial charge in [0, 0.05) is 24.6 Å². The number of anilines is 1. The molecule has 132 valence electrons. The zero-order valence-electron chi connectivity index (χ0n) is 14.6. The molecule has 1 aromatic carbocycles. The molecule has 3 amide bonds. The Kier molecular flexibility index (Phi) is 6.95. The fourth-order valence-corrected chi connectivity index (χ4v) is 2.49. The Morgan fingerprint density at radius 2 is 1.72 bits per heavy atom. The van der Waals surface area contributed by atoms with E-state index in [4.69, 9.17) is 0 Å². The molecule has 0 aliphatic carbocycles. The number of hydrogen-bond donors (Lipinski definition) is 3. The zero-order valence-corrected chi connectivity index (χ0v) is 14.6. The van der Waals surface area contributed by atoms with Gasteiger partial charge in [-0.25, -0.2) is 4.79 Å². The summed E-state index contributed by atoms with van der Waals surface area (Å²) in [6.07, 6.45) is 4.54. The van der Waals surface area contributed by atoms with Crippen LogP contribution in [-0.2, 0) is 11.2 Å². The highest BCUT2D eigenvalue weighted by atomic mass is 16.2. The summed E-state index contributed by atoms with van der Waals surface area (Å²) in [4.78, 5) is 27.8. The fourth-order valence-electron chi connectivity index (χ4n) is 2.49. The molecule has 0 saturated heterocycles. The van der Waals surface area contributed by atoms with E-state index in [0.29, 0.717) is 18.7 Å². The van der Waals surface area contributed by atoms with Crippen molar-refractivity contribution >= 4 is 17.6 Å². The number of carbonyl (C=O) groups is 2. The van der Waals surface area contributed by atoms with Gasteiger partial charge < -0.3 is 16.0 Å². The first-order valence-electron chi connectivity index (χ1n) is 8.45. The molecule has 1 atom stereocenters. The van der Waals surface area contributed by atoms with Crippen molar-refractivity contribution in [2.24, 2.45) is 0 Å². The summed E-state index contributed by atoms with van der Waals surface area (Å²) in [6.45, 7) is 4.52. The van der Waals surface area contributed by atoms with Gasteiger partial charge >= 0.3 is 6.03 Å². The van der Waals surface area contributed by atoms with Crippen molar-refractivity contribution in [2.75, 3.05) is 11.9 Å². The molecule has 1 heterocycles. The summed E-state index contributed by atoms with van der Waals surface area (Å²) < 4.78 is 0. The summed E-state index contributed by atoms with van der Waals surface area (Å²) >= 11 is 0. The van der Waals surface area contributed by atoms with Crippen molar-refractivity contribution in [3.63, 3.8) is 0 Å². The van der Waals surface area contributed by atoms with Crippen molar-refractivity contribution < 1.29 is 9.59 Å². The molecule has 1 aromatic heterocycles. The molecule has 1 unspecified atom stereocenters. The van der Waals surface area contributed by atoms with E-state index in [2.05, 4.69) is 20.9 Å². The monoisotopic (exact) mass is 340 g/mol. The Morgan fingerprint density at radius 3 is 2.32 bits per heavy atom. The first kappa shape index (κ1) is 18.4. The highest BCUT2D eigenvalue weighted by Gasteiger charge is 2.12. The van der Waals surface area contributed by atoms with E-state index in [1.165, 1.54) is 0 Å². The SMILES string of the molecule is CCNC(=O)Cc1ccc(NC(=O)NC(CC)c2ccncc2)cc1. The molecule has 2 rings (SSSR count). The van der Waals surface area contributed by atoms with Crippen molar-refractivity contribution in [3.05, 3.63) is 59.9 Å². The second-order valence-corrected chi connectivity index (χ2v) is 5.67. The van der Waals surface area contributed by atoms with Crippen LogP contribution in [0, 0.1) is 0 Å². The van der Waals surface area contributed by atoms with Crippen LogP contribution < -0.4 is 16.0 Å². The summed E-state index contributed by atoms with van der Waals surface area (Å²) in [7, 11) is 0. The largest absolute Gasteiger partial charge is 0.356 e. The molecule has 0 aliphatic heterocycles. The van der Waals surface area contributed by atoms with Gasteiger partial charge in [-0.15, -0.1) is 0 Å². The maximum Gasteiger partial charge on any atom is 0.319 e. The summed E-state index contributed by atoms with van der Waals surface area (Å²) in [5.74, 6) is -0.0101. The number of likely N-dealkylation sites (N-methyl/N-ethyl adjacent to an activating group) is 1. The first-order chi connectivity index (χ1) is 12.1. The third kappa shape index (κ3) is 5.91. The summed E-state index contributed by atoms with van der Waals surface area (Å²) in [5.41, 5.74) is 2.60. The van der Waals surface area contributed by atoms with Gasteiger partial charge in [0.25, 0.3) is 0 Å². The van der Waals surface area contributed by atoms with E-state index < -0.39 is 0 Å². The molecule has 0 saturated carbocycles. The quantitative estimate of drug-likeness (QED) is 0.724. The van der Waals surface area contributed by atoms with Gasteiger partial charge in [-0.05, 0) is 48.7 Å². The van der Waals surface area contributed by atoms with Gasteiger partial charge in [0.1, 0.15) is 0 Å². The lowest BCUT2D eigenvalue weighted by molar-refractivity contribution is -0.120. The van der Waals surface area contributed by atoms with Crippen molar-refractivity contribution in [2.45, 2.75) is 32.7 Å². The van der Waals surface area contributed by atoms with Crippen LogP contribution in [0.4, 0.5) is 10.5 Å².